The van der Waals surface area contributed by atoms with Gasteiger partial charge in [-0.3, -0.25) is 0 Å². The summed E-state index contributed by atoms with van der Waals surface area (Å²) in [5.74, 6) is 1.52. The van der Waals surface area contributed by atoms with Gasteiger partial charge in [0.25, 0.3) is 0 Å². The van der Waals surface area contributed by atoms with Crippen LogP contribution in [0.5, 0.6) is 5.75 Å². The van der Waals surface area contributed by atoms with E-state index in [1.54, 1.807) is 0 Å². The molecule has 0 fully saturated rings. The lowest BCUT2D eigenvalue weighted by Gasteiger charge is -2.39. The van der Waals surface area contributed by atoms with E-state index in [2.05, 4.69) is 65.8 Å². The number of aromatic hydroxyl groups is 1. The lowest BCUT2D eigenvalue weighted by atomic mass is 9.65. The van der Waals surface area contributed by atoms with Gasteiger partial charge in [-0.1, -0.05) is 63.1 Å². The number of hydrogen-bond acceptors (Lipinski definition) is 1. The zero-order valence-electron chi connectivity index (χ0n) is 18.2. The molecule has 0 radical (unpaired) electrons. The third-order valence-electron chi connectivity index (χ3n) is 7.43. The Balaban J connectivity index is 1.99. The van der Waals surface area contributed by atoms with Crippen LogP contribution in [0.1, 0.15) is 91.2 Å². The van der Waals surface area contributed by atoms with Crippen LogP contribution in [0, 0.1) is 11.8 Å². The molecule has 3 rings (SSSR count). The molecule has 0 spiro atoms. The van der Waals surface area contributed by atoms with Gasteiger partial charge in [-0.25, -0.2) is 0 Å². The van der Waals surface area contributed by atoms with Gasteiger partial charge in [0, 0.05) is 5.56 Å². The Labute approximate surface area is 166 Å². The van der Waals surface area contributed by atoms with Crippen LogP contribution in [0.4, 0.5) is 0 Å². The van der Waals surface area contributed by atoms with Gasteiger partial charge in [0.05, 0.1) is 0 Å². The molecule has 1 nitrogen and oxygen atoms in total. The number of benzene rings is 1. The minimum atomic E-state index is -0.0594. The highest BCUT2D eigenvalue weighted by molar-refractivity contribution is 5.45. The average molecular weight is 367 g/mol. The van der Waals surface area contributed by atoms with Crippen LogP contribution in [-0.2, 0) is 10.8 Å². The molecule has 1 aromatic rings. The van der Waals surface area contributed by atoms with E-state index < -0.39 is 0 Å². The summed E-state index contributed by atoms with van der Waals surface area (Å²) < 4.78 is 0. The van der Waals surface area contributed by atoms with Gasteiger partial charge >= 0.3 is 0 Å². The van der Waals surface area contributed by atoms with Crippen molar-refractivity contribution < 1.29 is 5.11 Å². The third kappa shape index (κ3) is 4.03. The molecule has 1 N–H and O–H groups in total. The minimum absolute atomic E-state index is 0.0594. The number of phenols is 1. The highest BCUT2D eigenvalue weighted by atomic mass is 16.3. The first-order chi connectivity index (χ1) is 12.6. The van der Waals surface area contributed by atoms with Crippen molar-refractivity contribution in [1.29, 1.82) is 0 Å². The maximum absolute atomic E-state index is 10.8. The largest absolute Gasteiger partial charge is 0.508 e. The molecule has 0 bridgehead atoms. The van der Waals surface area contributed by atoms with Crippen molar-refractivity contribution in [2.45, 2.75) is 90.9 Å². The smallest absolute Gasteiger partial charge is 0.119 e. The molecule has 1 aromatic carbocycles. The van der Waals surface area contributed by atoms with Crippen molar-refractivity contribution in [3.8, 4) is 5.75 Å². The van der Waals surface area contributed by atoms with Crippen LogP contribution in [0.2, 0.25) is 0 Å². The van der Waals surface area contributed by atoms with E-state index in [0.717, 1.165) is 5.56 Å². The molecule has 0 heterocycles. The van der Waals surface area contributed by atoms with E-state index in [0.29, 0.717) is 17.6 Å². The quantitative estimate of drug-likeness (QED) is 0.549. The van der Waals surface area contributed by atoms with Crippen LogP contribution in [0.3, 0.4) is 0 Å². The highest BCUT2D eigenvalue weighted by Gasteiger charge is 2.36. The van der Waals surface area contributed by atoms with Crippen molar-refractivity contribution in [2.75, 3.05) is 0 Å². The SMILES string of the molecule is CC1=CC(C(C)(C)c2ccc(O)c(C(C)(C)C3C=C(C)CCC3)c2)CCC1. The predicted molar refractivity (Wildman–Crippen MR) is 116 cm³/mol. The predicted octanol–water partition coefficient (Wildman–Crippen LogP) is 7.44. The summed E-state index contributed by atoms with van der Waals surface area (Å²) in [4.78, 5) is 0. The van der Waals surface area contributed by atoms with Gasteiger partial charge in [-0.15, -0.1) is 0 Å². The molecule has 27 heavy (non-hydrogen) atoms. The van der Waals surface area contributed by atoms with Gasteiger partial charge in [0.15, 0.2) is 0 Å². The maximum atomic E-state index is 10.8. The second-order valence-electron chi connectivity index (χ2n) is 10.2. The van der Waals surface area contributed by atoms with Crippen molar-refractivity contribution in [1.82, 2.24) is 0 Å². The maximum Gasteiger partial charge on any atom is 0.119 e. The van der Waals surface area contributed by atoms with E-state index in [4.69, 9.17) is 0 Å². The Morgan fingerprint density at radius 3 is 1.85 bits per heavy atom. The molecule has 0 aliphatic heterocycles. The van der Waals surface area contributed by atoms with E-state index in [1.165, 1.54) is 55.2 Å². The fourth-order valence-electron chi connectivity index (χ4n) is 5.23. The van der Waals surface area contributed by atoms with E-state index in [9.17, 15) is 5.11 Å². The lowest BCUT2D eigenvalue weighted by molar-refractivity contribution is 0.320. The summed E-state index contributed by atoms with van der Waals surface area (Å²) in [5, 5.41) is 10.8. The first-order valence-electron chi connectivity index (χ1n) is 10.8. The zero-order chi connectivity index (χ0) is 19.8. The van der Waals surface area contributed by atoms with Crippen LogP contribution in [0.25, 0.3) is 0 Å². The minimum Gasteiger partial charge on any atom is -0.508 e. The Morgan fingerprint density at radius 2 is 1.33 bits per heavy atom. The molecule has 2 aliphatic rings. The van der Waals surface area contributed by atoms with Gasteiger partial charge in [0.2, 0.25) is 0 Å². The van der Waals surface area contributed by atoms with Gasteiger partial charge in [-0.2, -0.15) is 0 Å². The first-order valence-corrected chi connectivity index (χ1v) is 10.8. The Kier molecular flexibility index (Phi) is 5.62. The van der Waals surface area contributed by atoms with Crippen LogP contribution in [-0.4, -0.2) is 5.11 Å². The van der Waals surface area contributed by atoms with Crippen molar-refractivity contribution in [2.24, 2.45) is 11.8 Å². The first kappa shape index (κ1) is 20.2. The van der Waals surface area contributed by atoms with E-state index in [1.807, 2.05) is 6.07 Å². The molecule has 2 aliphatic carbocycles. The molecule has 0 aromatic heterocycles. The van der Waals surface area contributed by atoms with Gasteiger partial charge < -0.3 is 5.11 Å². The molecule has 148 valence electrons. The number of rotatable bonds is 4. The fourth-order valence-corrected chi connectivity index (χ4v) is 5.23. The molecule has 2 atom stereocenters. The Hall–Kier alpha value is -1.50. The van der Waals surface area contributed by atoms with Crippen molar-refractivity contribution >= 4 is 0 Å². The van der Waals surface area contributed by atoms with Gasteiger partial charge in [0.1, 0.15) is 5.75 Å². The Morgan fingerprint density at radius 1 is 0.815 bits per heavy atom. The monoisotopic (exact) mass is 366 g/mol. The number of hydrogen-bond donors (Lipinski definition) is 1. The Bertz CT molecular complexity index is 747. The summed E-state index contributed by atoms with van der Waals surface area (Å²) >= 11 is 0. The lowest BCUT2D eigenvalue weighted by Crippen LogP contribution is -2.32. The zero-order valence-corrected chi connectivity index (χ0v) is 18.2. The second kappa shape index (κ2) is 7.49. The number of phenolic OH excluding ortho intramolecular Hbond substituents is 1. The average Bonchev–Trinajstić information content (AvgIpc) is 2.61. The van der Waals surface area contributed by atoms with Crippen LogP contribution < -0.4 is 0 Å². The molecule has 1 heteroatoms. The van der Waals surface area contributed by atoms with Gasteiger partial charge in [-0.05, 0) is 86.7 Å². The third-order valence-corrected chi connectivity index (χ3v) is 7.43. The van der Waals surface area contributed by atoms with Crippen molar-refractivity contribution in [3.05, 3.63) is 52.6 Å². The molecule has 0 saturated carbocycles. The van der Waals surface area contributed by atoms with Crippen molar-refractivity contribution in [3.63, 3.8) is 0 Å². The standard InChI is InChI=1S/C26H38O/c1-18-9-7-11-20(15-18)25(3,4)22-13-14-24(27)23(17-22)26(5,6)21-12-8-10-19(2)16-21/h13-17,20-21,27H,7-12H2,1-6H3. The molecular weight excluding hydrogens is 328 g/mol. The summed E-state index contributed by atoms with van der Waals surface area (Å²) in [6, 6.07) is 6.40. The van der Waals surface area contributed by atoms with E-state index >= 15 is 0 Å². The number of allylic oxidation sites excluding steroid dienone is 4. The molecule has 0 amide bonds. The van der Waals surface area contributed by atoms with E-state index in [-0.39, 0.29) is 10.8 Å². The second-order valence-corrected chi connectivity index (χ2v) is 10.2. The summed E-state index contributed by atoms with van der Waals surface area (Å²) in [5.41, 5.74) is 5.52. The topological polar surface area (TPSA) is 20.2 Å². The summed E-state index contributed by atoms with van der Waals surface area (Å²) in [7, 11) is 0. The normalized spacial score (nSPS) is 24.4. The summed E-state index contributed by atoms with van der Waals surface area (Å²) in [6.07, 6.45) is 12.4. The molecule has 0 saturated heterocycles. The molecule has 2 unspecified atom stereocenters. The van der Waals surface area contributed by atoms with Crippen LogP contribution >= 0.6 is 0 Å². The van der Waals surface area contributed by atoms with Crippen LogP contribution in [0.15, 0.2) is 41.5 Å². The highest BCUT2D eigenvalue weighted by Crippen LogP contribution is 2.46. The molecular formula is C26H38O. The fraction of sp³-hybridized carbons (Fsp3) is 0.615. The summed E-state index contributed by atoms with van der Waals surface area (Å²) in [6.45, 7) is 13.9.